The zero-order chi connectivity index (χ0) is 12.7. The molecule has 0 aliphatic rings. The highest BCUT2D eigenvalue weighted by Gasteiger charge is 2.15. The Morgan fingerprint density at radius 3 is 2.47 bits per heavy atom. The maximum atomic E-state index is 11.7. The Labute approximate surface area is 99.2 Å². The van der Waals surface area contributed by atoms with Crippen molar-refractivity contribution in [2.24, 2.45) is 0 Å². The highest BCUT2D eigenvalue weighted by Crippen LogP contribution is 2.00. The molecule has 0 fully saturated rings. The van der Waals surface area contributed by atoms with Crippen molar-refractivity contribution in [1.82, 2.24) is 5.32 Å². The van der Waals surface area contributed by atoms with Crippen molar-refractivity contribution in [1.29, 1.82) is 10.5 Å². The van der Waals surface area contributed by atoms with E-state index in [2.05, 4.69) is 5.32 Å². The lowest BCUT2D eigenvalue weighted by molar-refractivity contribution is 0.0367. The number of amides is 1. The van der Waals surface area contributed by atoms with Crippen molar-refractivity contribution < 1.29 is 9.53 Å². The van der Waals surface area contributed by atoms with E-state index in [0.717, 1.165) is 0 Å². The van der Waals surface area contributed by atoms with Crippen LogP contribution in [0.5, 0.6) is 0 Å². The third kappa shape index (κ3) is 3.94. The molecule has 1 aromatic carbocycles. The molecule has 1 rings (SSSR count). The molecule has 5 nitrogen and oxygen atoms in total. The summed E-state index contributed by atoms with van der Waals surface area (Å²) in [7, 11) is 0. The summed E-state index contributed by atoms with van der Waals surface area (Å²) in [5.41, 5.74) is 0.431. The fourth-order valence-electron chi connectivity index (χ4n) is 1.12. The lowest BCUT2D eigenvalue weighted by Gasteiger charge is -2.13. The van der Waals surface area contributed by atoms with Crippen molar-refractivity contribution in [3.8, 4) is 12.1 Å². The Hall–Kier alpha value is -2.37. The molecule has 5 heteroatoms. The zero-order valence-corrected chi connectivity index (χ0v) is 9.25. The van der Waals surface area contributed by atoms with Crippen molar-refractivity contribution in [2.45, 2.75) is 19.3 Å². The largest absolute Gasteiger partial charge is 0.327 e. The Kier molecular flexibility index (Phi) is 4.68. The van der Waals surface area contributed by atoms with Gasteiger partial charge in [0, 0.05) is 5.56 Å². The van der Waals surface area contributed by atoms with Crippen LogP contribution in [0.2, 0.25) is 0 Å². The molecule has 1 N–H and O–H groups in total. The predicted octanol–water partition coefficient (Wildman–Crippen LogP) is 1.19. The molecule has 86 valence electrons. The van der Waals surface area contributed by atoms with Crippen molar-refractivity contribution in [3.63, 3.8) is 0 Å². The highest BCUT2D eigenvalue weighted by molar-refractivity contribution is 5.94. The molecule has 0 saturated carbocycles. The second-order valence-corrected chi connectivity index (χ2v) is 3.26. The second kappa shape index (κ2) is 6.26. The van der Waals surface area contributed by atoms with Crippen LogP contribution in [0.3, 0.4) is 0 Å². The van der Waals surface area contributed by atoms with E-state index in [9.17, 15) is 4.79 Å². The minimum atomic E-state index is -1.13. The number of hydrogen-bond acceptors (Lipinski definition) is 4. The van der Waals surface area contributed by atoms with Gasteiger partial charge in [0.25, 0.3) is 5.91 Å². The Morgan fingerprint density at radius 2 is 1.94 bits per heavy atom. The number of hydrogen-bond donors (Lipinski definition) is 1. The Morgan fingerprint density at radius 1 is 1.29 bits per heavy atom. The topological polar surface area (TPSA) is 85.9 Å². The van der Waals surface area contributed by atoms with E-state index >= 15 is 0 Å². The molecular weight excluding hydrogens is 218 g/mol. The quantitative estimate of drug-likeness (QED) is 0.786. The highest BCUT2D eigenvalue weighted by atomic mass is 16.5. The summed E-state index contributed by atoms with van der Waals surface area (Å²) in [6, 6.07) is 12.0. The monoisotopic (exact) mass is 229 g/mol. The zero-order valence-electron chi connectivity index (χ0n) is 9.25. The Balaban J connectivity index is 2.62. The van der Waals surface area contributed by atoms with Gasteiger partial charge in [-0.3, -0.25) is 4.79 Å². The SMILES string of the molecule is CC(C#N)OC(C#N)NC(=O)c1ccccc1. The van der Waals surface area contributed by atoms with Crippen molar-refractivity contribution in [2.75, 3.05) is 0 Å². The number of nitriles is 2. The van der Waals surface area contributed by atoms with Crippen LogP contribution < -0.4 is 5.32 Å². The maximum absolute atomic E-state index is 11.7. The molecule has 0 spiro atoms. The fraction of sp³-hybridized carbons (Fsp3) is 0.250. The van der Waals surface area contributed by atoms with Crippen molar-refractivity contribution >= 4 is 5.91 Å². The van der Waals surface area contributed by atoms with Gasteiger partial charge in [-0.1, -0.05) is 18.2 Å². The van der Waals surface area contributed by atoms with Crippen LogP contribution >= 0.6 is 0 Å². The van der Waals surface area contributed by atoms with Gasteiger partial charge in [0.2, 0.25) is 6.23 Å². The van der Waals surface area contributed by atoms with Crippen molar-refractivity contribution in [3.05, 3.63) is 35.9 Å². The van der Waals surface area contributed by atoms with Gasteiger partial charge in [0.1, 0.15) is 12.2 Å². The number of carbonyl (C=O) groups is 1. The summed E-state index contributed by atoms with van der Waals surface area (Å²) in [5.74, 6) is -0.415. The first-order valence-electron chi connectivity index (χ1n) is 4.98. The molecule has 0 aliphatic heterocycles. The summed E-state index contributed by atoms with van der Waals surface area (Å²) in [6.45, 7) is 1.50. The lowest BCUT2D eigenvalue weighted by atomic mass is 10.2. The van der Waals surface area contributed by atoms with Crippen LogP contribution in [-0.4, -0.2) is 18.2 Å². The summed E-state index contributed by atoms with van der Waals surface area (Å²) in [6.07, 6.45) is -1.88. The molecule has 0 aliphatic carbocycles. The molecule has 0 bridgehead atoms. The number of ether oxygens (including phenoxy) is 1. The first kappa shape index (κ1) is 12.7. The molecular formula is C12H11N3O2. The van der Waals surface area contributed by atoms with Crippen LogP contribution in [0.15, 0.2) is 30.3 Å². The Bertz CT molecular complexity index is 459. The minimum absolute atomic E-state index is 0.415. The first-order chi connectivity index (χ1) is 8.17. The number of benzene rings is 1. The third-order valence-electron chi connectivity index (χ3n) is 1.94. The molecule has 1 amide bonds. The third-order valence-corrected chi connectivity index (χ3v) is 1.94. The molecule has 2 unspecified atom stereocenters. The molecule has 2 atom stereocenters. The smallest absolute Gasteiger partial charge is 0.254 e. The van der Waals surface area contributed by atoms with Crippen LogP contribution in [0.25, 0.3) is 0 Å². The van der Waals surface area contributed by atoms with Gasteiger partial charge >= 0.3 is 0 Å². The average Bonchev–Trinajstić information content (AvgIpc) is 2.38. The van der Waals surface area contributed by atoms with Gasteiger partial charge in [0.15, 0.2) is 0 Å². The van der Waals surface area contributed by atoms with E-state index in [1.807, 2.05) is 6.07 Å². The average molecular weight is 229 g/mol. The van der Waals surface area contributed by atoms with Gasteiger partial charge in [-0.2, -0.15) is 10.5 Å². The standard InChI is InChI=1S/C12H11N3O2/c1-9(7-13)17-11(8-14)15-12(16)10-5-3-2-4-6-10/h2-6,9,11H,1H3,(H,15,16). The van der Waals surface area contributed by atoms with Gasteiger partial charge in [0.05, 0.1) is 6.07 Å². The van der Waals surface area contributed by atoms with Gasteiger partial charge in [-0.25, -0.2) is 0 Å². The second-order valence-electron chi connectivity index (χ2n) is 3.26. The maximum Gasteiger partial charge on any atom is 0.254 e. The number of rotatable bonds is 4. The van der Waals surface area contributed by atoms with E-state index in [0.29, 0.717) is 5.56 Å². The summed E-state index contributed by atoms with van der Waals surface area (Å²) >= 11 is 0. The normalized spacial score (nSPS) is 12.9. The van der Waals surface area contributed by atoms with Crippen LogP contribution in [0, 0.1) is 22.7 Å². The van der Waals surface area contributed by atoms with E-state index in [1.165, 1.54) is 6.92 Å². The number of carbonyl (C=O) groups excluding carboxylic acids is 1. The molecule has 0 radical (unpaired) electrons. The summed E-state index contributed by atoms with van der Waals surface area (Å²) < 4.78 is 4.99. The van der Waals surface area contributed by atoms with Gasteiger partial charge < -0.3 is 10.1 Å². The van der Waals surface area contributed by atoms with E-state index in [-0.39, 0.29) is 0 Å². The lowest BCUT2D eigenvalue weighted by Crippen LogP contribution is -2.37. The summed E-state index contributed by atoms with van der Waals surface area (Å²) in [4.78, 5) is 11.7. The molecule has 0 heterocycles. The minimum Gasteiger partial charge on any atom is -0.327 e. The van der Waals surface area contributed by atoms with Crippen LogP contribution in [0.1, 0.15) is 17.3 Å². The predicted molar refractivity (Wildman–Crippen MR) is 59.5 cm³/mol. The number of nitrogens with one attached hydrogen (secondary N) is 1. The molecule has 0 saturated heterocycles. The fourth-order valence-corrected chi connectivity index (χ4v) is 1.12. The van der Waals surface area contributed by atoms with Gasteiger partial charge in [-0.15, -0.1) is 0 Å². The molecule has 17 heavy (non-hydrogen) atoms. The van der Waals surface area contributed by atoms with Crippen LogP contribution in [0.4, 0.5) is 0 Å². The van der Waals surface area contributed by atoms with E-state index in [1.54, 1.807) is 36.4 Å². The van der Waals surface area contributed by atoms with Gasteiger partial charge in [-0.05, 0) is 19.1 Å². The molecule has 0 aromatic heterocycles. The molecule has 1 aromatic rings. The number of nitrogens with zero attached hydrogens (tertiary/aromatic N) is 2. The van der Waals surface area contributed by atoms with E-state index < -0.39 is 18.2 Å². The first-order valence-corrected chi connectivity index (χ1v) is 4.98. The van der Waals surface area contributed by atoms with Crippen LogP contribution in [-0.2, 0) is 4.74 Å². The van der Waals surface area contributed by atoms with E-state index in [4.69, 9.17) is 15.3 Å². The summed E-state index contributed by atoms with van der Waals surface area (Å²) in [5, 5.41) is 19.7.